The molecule has 154 valence electrons. The molecule has 0 amide bonds. The topological polar surface area (TPSA) is 66.8 Å². The van der Waals surface area contributed by atoms with Crippen LogP contribution in [-0.4, -0.2) is 33.0 Å². The van der Waals surface area contributed by atoms with Crippen LogP contribution >= 0.6 is 0 Å². The molecule has 28 heavy (non-hydrogen) atoms. The third-order valence-electron chi connectivity index (χ3n) is 9.62. The molecule has 8 aliphatic rings. The van der Waals surface area contributed by atoms with Crippen molar-refractivity contribution >= 4 is 5.97 Å². The van der Waals surface area contributed by atoms with E-state index in [9.17, 15) is 15.0 Å². The van der Waals surface area contributed by atoms with Crippen LogP contribution in [0.3, 0.4) is 0 Å². The van der Waals surface area contributed by atoms with Crippen molar-refractivity contribution in [3.63, 3.8) is 0 Å². The predicted molar refractivity (Wildman–Crippen MR) is 104 cm³/mol. The lowest BCUT2D eigenvalue weighted by Gasteiger charge is -2.72. The molecule has 0 aromatic heterocycles. The molecule has 0 aromatic rings. The quantitative estimate of drug-likeness (QED) is 0.573. The first-order chi connectivity index (χ1) is 13.1. The zero-order chi connectivity index (χ0) is 19.5. The Morgan fingerprint density at radius 2 is 1.43 bits per heavy atom. The van der Waals surface area contributed by atoms with Crippen LogP contribution in [0.15, 0.2) is 12.2 Å². The second-order valence-corrected chi connectivity index (χ2v) is 12.1. The van der Waals surface area contributed by atoms with Gasteiger partial charge in [-0.25, -0.2) is 4.79 Å². The first kappa shape index (κ1) is 17.9. The molecule has 8 fully saturated rings. The zero-order valence-electron chi connectivity index (χ0n) is 17.1. The van der Waals surface area contributed by atoms with E-state index in [0.717, 1.165) is 57.8 Å². The monoisotopic (exact) mass is 386 g/mol. The minimum atomic E-state index is -0.735. The van der Waals surface area contributed by atoms with Crippen LogP contribution in [0.2, 0.25) is 0 Å². The molecule has 8 saturated carbocycles. The summed E-state index contributed by atoms with van der Waals surface area (Å²) < 4.78 is 6.33. The van der Waals surface area contributed by atoms with Gasteiger partial charge in [0.1, 0.15) is 5.60 Å². The van der Waals surface area contributed by atoms with Gasteiger partial charge in [-0.2, -0.15) is 0 Å². The van der Waals surface area contributed by atoms with Gasteiger partial charge in [0, 0.05) is 11.5 Å². The maximum atomic E-state index is 12.7. The molecule has 4 nitrogen and oxygen atoms in total. The summed E-state index contributed by atoms with van der Waals surface area (Å²) in [5.41, 5.74) is -1.48. The predicted octanol–water partition coefficient (Wildman–Crippen LogP) is 3.75. The number of esters is 1. The number of aliphatic hydroxyl groups is 2. The Bertz CT molecular complexity index is 726. The lowest BCUT2D eigenvalue weighted by atomic mass is 9.36. The van der Waals surface area contributed by atoms with E-state index in [0.29, 0.717) is 29.2 Å². The molecule has 8 aliphatic carbocycles. The van der Waals surface area contributed by atoms with Gasteiger partial charge in [-0.15, -0.1) is 0 Å². The number of hydrogen-bond acceptors (Lipinski definition) is 4. The van der Waals surface area contributed by atoms with Crippen molar-refractivity contribution in [2.45, 2.75) is 94.4 Å². The van der Waals surface area contributed by atoms with E-state index in [1.165, 1.54) is 12.8 Å². The molecule has 0 aromatic carbocycles. The summed E-state index contributed by atoms with van der Waals surface area (Å²) in [5.74, 6) is 1.74. The van der Waals surface area contributed by atoms with Crippen LogP contribution in [0.1, 0.15) is 77.6 Å². The summed E-state index contributed by atoms with van der Waals surface area (Å²) >= 11 is 0. The number of carbonyl (C=O) groups excluding carboxylic acids is 1. The molecule has 8 rings (SSSR count). The molecule has 5 atom stereocenters. The van der Waals surface area contributed by atoms with E-state index in [1.807, 2.05) is 0 Å². The summed E-state index contributed by atoms with van der Waals surface area (Å²) in [5, 5.41) is 23.4. The molecule has 8 bridgehead atoms. The van der Waals surface area contributed by atoms with Crippen LogP contribution in [0, 0.1) is 35.0 Å². The molecule has 4 heteroatoms. The molecular formula is C24H34O4. The molecule has 0 radical (unpaired) electrons. The summed E-state index contributed by atoms with van der Waals surface area (Å²) in [6, 6.07) is 0. The van der Waals surface area contributed by atoms with Crippen LogP contribution in [0.25, 0.3) is 0 Å². The third-order valence-corrected chi connectivity index (χ3v) is 9.62. The smallest absolute Gasteiger partial charge is 0.333 e. The second-order valence-electron chi connectivity index (χ2n) is 12.1. The molecule has 0 aliphatic heterocycles. The van der Waals surface area contributed by atoms with Crippen molar-refractivity contribution < 1.29 is 19.7 Å². The van der Waals surface area contributed by atoms with E-state index in [2.05, 4.69) is 6.58 Å². The molecule has 0 heterocycles. The lowest BCUT2D eigenvalue weighted by molar-refractivity contribution is -0.310. The van der Waals surface area contributed by atoms with E-state index in [1.54, 1.807) is 6.92 Å². The van der Waals surface area contributed by atoms with Crippen LogP contribution in [-0.2, 0) is 9.53 Å². The van der Waals surface area contributed by atoms with Gasteiger partial charge < -0.3 is 14.9 Å². The van der Waals surface area contributed by atoms with E-state index in [-0.39, 0.29) is 17.3 Å². The third kappa shape index (κ3) is 2.28. The fourth-order valence-corrected chi connectivity index (χ4v) is 10.2. The zero-order valence-corrected chi connectivity index (χ0v) is 17.1. The maximum absolute atomic E-state index is 12.7. The highest BCUT2D eigenvalue weighted by Gasteiger charge is 2.73. The summed E-state index contributed by atoms with van der Waals surface area (Å²) in [7, 11) is 0. The van der Waals surface area contributed by atoms with Gasteiger partial charge in [0.25, 0.3) is 0 Å². The number of ether oxygens (including phenoxy) is 1. The Labute approximate surface area is 167 Å². The molecular weight excluding hydrogens is 352 g/mol. The standard InChI is InChI=1S/C24H34O4/c1-14(2)19(25)28-24-11-17-4-18(12-24)10-23(27,9-17)20(24)21-5-15-3-16(6-21)8-22(26,7-15)13-21/h15-18,20,26-27H,1,3-13H2,2H3. The Morgan fingerprint density at radius 3 is 1.93 bits per heavy atom. The van der Waals surface area contributed by atoms with E-state index in [4.69, 9.17) is 4.74 Å². The number of hydrogen-bond donors (Lipinski definition) is 2. The largest absolute Gasteiger partial charge is 0.455 e. The van der Waals surface area contributed by atoms with Crippen molar-refractivity contribution in [2.24, 2.45) is 35.0 Å². The minimum absolute atomic E-state index is 0.0268. The van der Waals surface area contributed by atoms with Gasteiger partial charge in [-0.05, 0) is 107 Å². The Hall–Kier alpha value is -0.870. The fraction of sp³-hybridized carbons (Fsp3) is 0.875. The van der Waals surface area contributed by atoms with Crippen molar-refractivity contribution in [2.75, 3.05) is 0 Å². The van der Waals surface area contributed by atoms with Crippen LogP contribution < -0.4 is 0 Å². The van der Waals surface area contributed by atoms with Crippen LogP contribution in [0.4, 0.5) is 0 Å². The van der Waals surface area contributed by atoms with Crippen molar-refractivity contribution in [1.82, 2.24) is 0 Å². The summed E-state index contributed by atoms with van der Waals surface area (Å²) in [4.78, 5) is 12.7. The minimum Gasteiger partial charge on any atom is -0.455 e. The van der Waals surface area contributed by atoms with Crippen LogP contribution in [0.5, 0.6) is 0 Å². The van der Waals surface area contributed by atoms with E-state index < -0.39 is 16.8 Å². The molecule has 0 saturated heterocycles. The number of carbonyl (C=O) groups is 1. The fourth-order valence-electron chi connectivity index (χ4n) is 10.2. The van der Waals surface area contributed by atoms with Gasteiger partial charge >= 0.3 is 5.97 Å². The molecule has 5 unspecified atom stereocenters. The summed E-state index contributed by atoms with van der Waals surface area (Å²) in [6.45, 7) is 5.54. The van der Waals surface area contributed by atoms with Gasteiger partial charge in [-0.3, -0.25) is 0 Å². The normalized spacial score (nSPS) is 58.2. The Morgan fingerprint density at radius 1 is 0.893 bits per heavy atom. The van der Waals surface area contributed by atoms with Crippen molar-refractivity contribution in [3.8, 4) is 0 Å². The molecule has 0 spiro atoms. The number of rotatable bonds is 3. The van der Waals surface area contributed by atoms with E-state index >= 15 is 0 Å². The highest BCUT2D eigenvalue weighted by molar-refractivity contribution is 5.87. The highest BCUT2D eigenvalue weighted by atomic mass is 16.6. The average Bonchev–Trinajstić information content (AvgIpc) is 2.49. The van der Waals surface area contributed by atoms with Crippen molar-refractivity contribution in [1.29, 1.82) is 0 Å². The Balaban J connectivity index is 1.46. The highest BCUT2D eigenvalue weighted by Crippen LogP contribution is 2.73. The van der Waals surface area contributed by atoms with Gasteiger partial charge in [0.05, 0.1) is 11.2 Å². The maximum Gasteiger partial charge on any atom is 0.333 e. The SMILES string of the molecule is C=C(C)C(=O)OC12CC3CC(CC(O)(C3)C1C13CC4CC(CC(O)(C4)C1)C3)C2. The first-order valence-electron chi connectivity index (χ1n) is 11.5. The Kier molecular flexibility index (Phi) is 3.36. The average molecular weight is 387 g/mol. The first-order valence-corrected chi connectivity index (χ1v) is 11.5. The lowest BCUT2D eigenvalue weighted by Crippen LogP contribution is -2.74. The van der Waals surface area contributed by atoms with Gasteiger partial charge in [-0.1, -0.05) is 6.58 Å². The second kappa shape index (κ2) is 5.24. The van der Waals surface area contributed by atoms with Crippen molar-refractivity contribution in [3.05, 3.63) is 12.2 Å². The molecule has 2 N–H and O–H groups in total. The summed E-state index contributed by atoms with van der Waals surface area (Å²) in [6.07, 6.45) is 10.8. The van der Waals surface area contributed by atoms with Gasteiger partial charge in [0.15, 0.2) is 0 Å². The van der Waals surface area contributed by atoms with Gasteiger partial charge in [0.2, 0.25) is 0 Å².